The van der Waals surface area contributed by atoms with E-state index in [1.165, 1.54) is 96.8 Å². The van der Waals surface area contributed by atoms with E-state index in [9.17, 15) is 0 Å². The average Bonchev–Trinajstić information content (AvgIpc) is 3.52. The number of anilines is 4. The van der Waals surface area contributed by atoms with Crippen LogP contribution in [0, 0.1) is 20.8 Å². The molecule has 2 unspecified atom stereocenters. The van der Waals surface area contributed by atoms with Gasteiger partial charge in [-0.05, 0) is 151 Å². The number of allylic oxidation sites excluding steroid dienone is 3. The highest BCUT2D eigenvalue weighted by Gasteiger charge is 2.56. The van der Waals surface area contributed by atoms with E-state index in [0.29, 0.717) is 0 Å². The van der Waals surface area contributed by atoms with Crippen molar-refractivity contribution in [3.05, 3.63) is 148 Å². The highest BCUT2D eigenvalue weighted by molar-refractivity contribution is 6.89. The Kier molecular flexibility index (Phi) is 7.32. The van der Waals surface area contributed by atoms with Gasteiger partial charge in [0, 0.05) is 34.1 Å². The number of furan rings is 1. The minimum Gasteiger partial charge on any atom is -0.469 e. The molecule has 5 aromatic rings. The Morgan fingerprint density at radius 1 is 0.759 bits per heavy atom. The highest BCUT2D eigenvalue weighted by Crippen LogP contribution is 2.55. The van der Waals surface area contributed by atoms with Crippen LogP contribution < -0.4 is 20.9 Å². The number of nitrogens with zero attached hydrogens (tertiary/aromatic N) is 2. The number of hydrogen-bond donors (Lipinski definition) is 0. The maximum absolute atomic E-state index is 7.23. The van der Waals surface area contributed by atoms with E-state index >= 15 is 0 Å². The molecular formula is C50H51BN2O. The Labute approximate surface area is 322 Å². The van der Waals surface area contributed by atoms with Gasteiger partial charge < -0.3 is 14.2 Å². The van der Waals surface area contributed by atoms with Crippen molar-refractivity contribution in [2.45, 2.75) is 104 Å². The molecule has 1 aromatic heterocycles. The molecule has 3 nitrogen and oxygen atoms in total. The van der Waals surface area contributed by atoms with Crippen LogP contribution in [0.5, 0.6) is 0 Å². The second kappa shape index (κ2) is 11.8. The third-order valence-electron chi connectivity index (χ3n) is 13.4. The highest BCUT2D eigenvalue weighted by atomic mass is 16.3. The minimum absolute atomic E-state index is 0.0862. The van der Waals surface area contributed by atoms with Gasteiger partial charge in [-0.15, -0.1) is 0 Å². The van der Waals surface area contributed by atoms with E-state index in [4.69, 9.17) is 4.42 Å². The molecule has 0 bridgehead atoms. The fraction of sp³-hybridized carbons (Fsp3) is 0.320. The summed E-state index contributed by atoms with van der Waals surface area (Å²) in [5.74, 6) is 1.19. The molecule has 4 aromatic carbocycles. The van der Waals surface area contributed by atoms with Crippen LogP contribution in [-0.2, 0) is 17.3 Å². The topological polar surface area (TPSA) is 19.6 Å². The molecule has 5 aliphatic rings. The van der Waals surface area contributed by atoms with Crippen molar-refractivity contribution in [1.82, 2.24) is 0 Å². The van der Waals surface area contributed by atoms with Crippen LogP contribution in [0.2, 0.25) is 5.82 Å². The zero-order valence-corrected chi connectivity index (χ0v) is 33.2. The molecule has 0 fully saturated rings. The standard InChI is InChI=1S/C50H51BN2O/c1-30-22-31(2)24-36(23-30)52-43-25-32(3)26-44-46(43)51(48-47(52)37-16-12-13-17-45(37)54-48)40-28-38-39(50(7,8)21-20-49(38,5)6)29-42(40)53(44)41-19-18-35(27-33(41)4)34-14-10-9-11-15-34/h9-11,13-15,17-19,22-29,44,46H,12,16,20-21H2,1-8H3. The first-order chi connectivity index (χ1) is 25.9. The SMILES string of the molecule is CC1=CC2C3B(c4cc5c(cc4N2c2ccc(-c4ccccc4)cc2C)C(C)(C)CCC5(C)C)c2oc4c(c2N(c2cc(C)cc(C)c2)C3=C1)CCC=C4. The summed E-state index contributed by atoms with van der Waals surface area (Å²) >= 11 is 0. The Hall–Kier alpha value is -4.96. The number of aryl methyl sites for hydroxylation is 3. The molecule has 0 spiro atoms. The summed E-state index contributed by atoms with van der Waals surface area (Å²) in [5, 5.41) is 0. The number of fused-ring (bicyclic) bond motifs is 7. The van der Waals surface area contributed by atoms with Gasteiger partial charge in [0.25, 0.3) is 6.71 Å². The predicted octanol–water partition coefficient (Wildman–Crippen LogP) is 11.7. The van der Waals surface area contributed by atoms with Crippen molar-refractivity contribution >= 4 is 46.7 Å². The lowest BCUT2D eigenvalue weighted by molar-refractivity contribution is 0.332. The largest absolute Gasteiger partial charge is 0.469 e. The number of rotatable bonds is 3. The molecule has 2 aliphatic heterocycles. The summed E-state index contributed by atoms with van der Waals surface area (Å²) < 4.78 is 7.23. The molecule has 0 saturated heterocycles. The van der Waals surface area contributed by atoms with Crippen molar-refractivity contribution < 1.29 is 4.42 Å². The smallest absolute Gasteiger partial charge is 0.272 e. The first-order valence-corrected chi connectivity index (χ1v) is 20.1. The Morgan fingerprint density at radius 3 is 2.20 bits per heavy atom. The van der Waals surface area contributed by atoms with E-state index in [1.807, 2.05) is 0 Å². The van der Waals surface area contributed by atoms with E-state index in [-0.39, 0.29) is 29.4 Å². The summed E-state index contributed by atoms with van der Waals surface area (Å²) in [7, 11) is 0. The number of hydrogen-bond acceptors (Lipinski definition) is 3. The van der Waals surface area contributed by atoms with Crippen molar-refractivity contribution in [3.63, 3.8) is 0 Å². The molecule has 3 heterocycles. The normalized spacial score (nSPS) is 21.4. The van der Waals surface area contributed by atoms with Crippen LogP contribution in [0.4, 0.5) is 22.7 Å². The zero-order valence-electron chi connectivity index (χ0n) is 33.2. The Bertz CT molecular complexity index is 2460. The maximum atomic E-state index is 7.23. The second-order valence-electron chi connectivity index (χ2n) is 18.2. The summed E-state index contributed by atoms with van der Waals surface area (Å²) in [4.78, 5) is 5.34. The van der Waals surface area contributed by atoms with Gasteiger partial charge in [-0.2, -0.15) is 0 Å². The van der Waals surface area contributed by atoms with Crippen molar-refractivity contribution in [1.29, 1.82) is 0 Å². The van der Waals surface area contributed by atoms with Gasteiger partial charge in [0.2, 0.25) is 0 Å². The third-order valence-corrected chi connectivity index (χ3v) is 13.4. The monoisotopic (exact) mass is 706 g/mol. The van der Waals surface area contributed by atoms with E-state index in [1.54, 1.807) is 0 Å². The molecular weight excluding hydrogens is 655 g/mol. The van der Waals surface area contributed by atoms with Crippen LogP contribution in [0.3, 0.4) is 0 Å². The Balaban J connectivity index is 1.29. The van der Waals surface area contributed by atoms with Gasteiger partial charge in [-0.25, -0.2) is 0 Å². The summed E-state index contributed by atoms with van der Waals surface area (Å²) in [6, 6.07) is 30.3. The molecule has 0 saturated carbocycles. The van der Waals surface area contributed by atoms with Crippen LogP contribution in [0.1, 0.15) is 93.0 Å². The van der Waals surface area contributed by atoms with Crippen LogP contribution in [0.25, 0.3) is 17.2 Å². The lowest BCUT2D eigenvalue weighted by atomic mass is 9.29. The Morgan fingerprint density at radius 2 is 1.48 bits per heavy atom. The lowest BCUT2D eigenvalue weighted by Gasteiger charge is -2.53. The van der Waals surface area contributed by atoms with Crippen LogP contribution >= 0.6 is 0 Å². The molecule has 3 aliphatic carbocycles. The van der Waals surface area contributed by atoms with Gasteiger partial charge in [0.15, 0.2) is 0 Å². The first-order valence-electron chi connectivity index (χ1n) is 20.1. The molecule has 0 radical (unpaired) electrons. The van der Waals surface area contributed by atoms with Crippen LogP contribution in [-0.4, -0.2) is 12.8 Å². The second-order valence-corrected chi connectivity index (χ2v) is 18.2. The van der Waals surface area contributed by atoms with Gasteiger partial charge in [0.1, 0.15) is 5.76 Å². The molecule has 0 amide bonds. The van der Waals surface area contributed by atoms with Crippen LogP contribution in [0.15, 0.2) is 113 Å². The molecule has 54 heavy (non-hydrogen) atoms. The summed E-state index contributed by atoms with van der Waals surface area (Å²) in [5.41, 5.74) is 21.3. The zero-order chi connectivity index (χ0) is 37.3. The quantitative estimate of drug-likeness (QED) is 0.174. The maximum Gasteiger partial charge on any atom is 0.272 e. The van der Waals surface area contributed by atoms with E-state index in [0.717, 1.165) is 24.3 Å². The van der Waals surface area contributed by atoms with Crippen molar-refractivity contribution in [2.75, 3.05) is 9.80 Å². The molecule has 270 valence electrons. The van der Waals surface area contributed by atoms with Gasteiger partial charge in [-0.3, -0.25) is 0 Å². The lowest BCUT2D eigenvalue weighted by Crippen LogP contribution is -2.63. The van der Waals surface area contributed by atoms with Crippen molar-refractivity contribution in [3.8, 4) is 11.1 Å². The minimum atomic E-state index is 0.0862. The third kappa shape index (κ3) is 4.94. The fourth-order valence-electron chi connectivity index (χ4n) is 10.7. The predicted molar refractivity (Wildman–Crippen MR) is 229 cm³/mol. The molecule has 0 N–H and O–H groups in total. The average molecular weight is 707 g/mol. The molecule has 2 atom stereocenters. The molecule has 4 heteroatoms. The first kappa shape index (κ1) is 33.6. The van der Waals surface area contributed by atoms with Gasteiger partial charge in [-0.1, -0.05) is 94.0 Å². The van der Waals surface area contributed by atoms with E-state index in [2.05, 4.69) is 168 Å². The molecule has 10 rings (SSSR count). The summed E-state index contributed by atoms with van der Waals surface area (Å²) in [6.45, 7) is 19.0. The van der Waals surface area contributed by atoms with E-state index < -0.39 is 0 Å². The number of benzene rings is 4. The van der Waals surface area contributed by atoms with Crippen molar-refractivity contribution in [2.24, 2.45) is 0 Å². The summed E-state index contributed by atoms with van der Waals surface area (Å²) in [6.07, 6.45) is 14.0. The van der Waals surface area contributed by atoms with Gasteiger partial charge >= 0.3 is 0 Å². The fourth-order valence-corrected chi connectivity index (χ4v) is 10.7. The van der Waals surface area contributed by atoms with Gasteiger partial charge in [0.05, 0.1) is 17.4 Å².